The monoisotopic (exact) mass is 431 g/mol. The SMILES string of the molecule is COCc1cc(Cl)cc(S(=O)(=O)NC(=O)Cc2ccc(Br)cc2)c1. The zero-order valence-electron chi connectivity index (χ0n) is 12.8. The lowest BCUT2D eigenvalue weighted by atomic mass is 10.1. The second-order valence-electron chi connectivity index (χ2n) is 5.06. The summed E-state index contributed by atoms with van der Waals surface area (Å²) < 4.78 is 32.6. The van der Waals surface area contributed by atoms with E-state index >= 15 is 0 Å². The number of halogens is 2. The molecule has 0 saturated heterocycles. The van der Waals surface area contributed by atoms with Gasteiger partial charge in [0.1, 0.15) is 0 Å². The molecule has 2 rings (SSSR count). The molecule has 0 radical (unpaired) electrons. The second kappa shape index (κ2) is 8.11. The molecule has 0 aromatic heterocycles. The highest BCUT2D eigenvalue weighted by Crippen LogP contribution is 2.20. The molecule has 0 aliphatic rings. The minimum Gasteiger partial charge on any atom is -0.380 e. The number of rotatable bonds is 6. The van der Waals surface area contributed by atoms with Gasteiger partial charge in [0.15, 0.2) is 0 Å². The zero-order valence-corrected chi connectivity index (χ0v) is 15.9. The summed E-state index contributed by atoms with van der Waals surface area (Å²) in [5.74, 6) is -0.620. The van der Waals surface area contributed by atoms with E-state index in [9.17, 15) is 13.2 Å². The number of methoxy groups -OCH3 is 1. The zero-order chi connectivity index (χ0) is 17.7. The van der Waals surface area contributed by atoms with E-state index in [1.807, 2.05) is 0 Å². The third kappa shape index (κ3) is 5.31. The number of amides is 1. The van der Waals surface area contributed by atoms with E-state index < -0.39 is 15.9 Å². The summed E-state index contributed by atoms with van der Waals surface area (Å²) in [6.07, 6.45) is -0.0436. The van der Waals surface area contributed by atoms with Crippen molar-refractivity contribution in [2.45, 2.75) is 17.9 Å². The van der Waals surface area contributed by atoms with Crippen molar-refractivity contribution in [3.63, 3.8) is 0 Å². The highest BCUT2D eigenvalue weighted by Gasteiger charge is 2.19. The molecule has 0 aliphatic carbocycles. The van der Waals surface area contributed by atoms with E-state index in [1.54, 1.807) is 30.3 Å². The number of carbonyl (C=O) groups excluding carboxylic acids is 1. The van der Waals surface area contributed by atoms with Crippen molar-refractivity contribution in [3.8, 4) is 0 Å². The van der Waals surface area contributed by atoms with Crippen molar-refractivity contribution in [3.05, 3.63) is 63.1 Å². The molecule has 128 valence electrons. The first-order valence-corrected chi connectivity index (χ1v) is 9.54. The number of carbonyl (C=O) groups is 1. The normalized spacial score (nSPS) is 11.3. The number of hydrogen-bond donors (Lipinski definition) is 1. The first-order chi connectivity index (χ1) is 11.3. The Morgan fingerprint density at radius 3 is 2.46 bits per heavy atom. The molecule has 0 aliphatic heterocycles. The van der Waals surface area contributed by atoms with Crippen molar-refractivity contribution in [2.24, 2.45) is 0 Å². The molecule has 2 aromatic rings. The van der Waals surface area contributed by atoms with Crippen molar-refractivity contribution < 1.29 is 17.9 Å². The quantitative estimate of drug-likeness (QED) is 0.760. The highest BCUT2D eigenvalue weighted by atomic mass is 79.9. The van der Waals surface area contributed by atoms with Crippen LogP contribution in [0.3, 0.4) is 0 Å². The standard InChI is InChI=1S/C16H15BrClNO4S/c1-23-10-12-6-14(18)9-15(7-12)24(21,22)19-16(20)8-11-2-4-13(17)5-3-11/h2-7,9H,8,10H2,1H3,(H,19,20). The van der Waals surface area contributed by atoms with Crippen LogP contribution in [0.5, 0.6) is 0 Å². The van der Waals surface area contributed by atoms with E-state index in [0.29, 0.717) is 11.1 Å². The van der Waals surface area contributed by atoms with Crippen LogP contribution < -0.4 is 4.72 Å². The molecule has 2 aromatic carbocycles. The average Bonchev–Trinajstić information content (AvgIpc) is 2.49. The molecule has 0 spiro atoms. The molecule has 24 heavy (non-hydrogen) atoms. The van der Waals surface area contributed by atoms with Crippen molar-refractivity contribution in [1.82, 2.24) is 4.72 Å². The number of hydrogen-bond acceptors (Lipinski definition) is 4. The van der Waals surface area contributed by atoms with Crippen LogP contribution in [0.1, 0.15) is 11.1 Å². The minimum absolute atomic E-state index is 0.0436. The summed E-state index contributed by atoms with van der Waals surface area (Å²) in [4.78, 5) is 11.9. The van der Waals surface area contributed by atoms with Gasteiger partial charge < -0.3 is 4.74 Å². The first-order valence-electron chi connectivity index (χ1n) is 6.88. The van der Waals surface area contributed by atoms with Crippen molar-refractivity contribution >= 4 is 43.5 Å². The molecule has 5 nitrogen and oxygen atoms in total. The van der Waals surface area contributed by atoms with Gasteiger partial charge in [0, 0.05) is 16.6 Å². The Bertz CT molecular complexity index is 838. The Labute approximate surface area is 154 Å². The van der Waals surface area contributed by atoms with Gasteiger partial charge in [-0.2, -0.15) is 0 Å². The van der Waals surface area contributed by atoms with Gasteiger partial charge in [-0.05, 0) is 41.5 Å². The van der Waals surface area contributed by atoms with Gasteiger partial charge in [-0.1, -0.05) is 39.7 Å². The lowest BCUT2D eigenvalue weighted by molar-refractivity contribution is -0.118. The van der Waals surface area contributed by atoms with Crippen LogP contribution in [0.4, 0.5) is 0 Å². The molecule has 8 heteroatoms. The maximum absolute atomic E-state index is 12.4. The van der Waals surface area contributed by atoms with E-state index in [2.05, 4.69) is 20.7 Å². The maximum atomic E-state index is 12.4. The van der Waals surface area contributed by atoms with Crippen LogP contribution >= 0.6 is 27.5 Å². The van der Waals surface area contributed by atoms with Crippen LogP contribution in [0, 0.1) is 0 Å². The summed E-state index contributed by atoms with van der Waals surface area (Å²) in [6.45, 7) is 0.218. The fourth-order valence-corrected chi connectivity index (χ4v) is 3.72. The molecule has 0 saturated carbocycles. The largest absolute Gasteiger partial charge is 0.380 e. The van der Waals surface area contributed by atoms with Gasteiger partial charge in [0.2, 0.25) is 5.91 Å². The Kier molecular flexibility index (Phi) is 6.40. The predicted molar refractivity (Wildman–Crippen MR) is 95.3 cm³/mol. The fourth-order valence-electron chi connectivity index (χ4n) is 2.06. The molecule has 0 fully saturated rings. The molecule has 0 atom stereocenters. The summed E-state index contributed by atoms with van der Waals surface area (Å²) in [7, 11) is -2.50. The van der Waals surface area contributed by atoms with Crippen LogP contribution in [0.2, 0.25) is 5.02 Å². The topological polar surface area (TPSA) is 72.5 Å². The van der Waals surface area contributed by atoms with E-state index in [1.165, 1.54) is 19.2 Å². The van der Waals surface area contributed by atoms with Gasteiger partial charge in [-0.3, -0.25) is 4.79 Å². The predicted octanol–water partition coefficient (Wildman–Crippen LogP) is 3.30. The smallest absolute Gasteiger partial charge is 0.264 e. The Morgan fingerprint density at radius 1 is 1.17 bits per heavy atom. The number of sulfonamides is 1. The van der Waals surface area contributed by atoms with Crippen LogP contribution in [-0.4, -0.2) is 21.4 Å². The van der Waals surface area contributed by atoms with E-state index in [0.717, 1.165) is 4.47 Å². The number of benzene rings is 2. The summed E-state index contributed by atoms with van der Waals surface area (Å²) in [5.41, 5.74) is 1.31. The van der Waals surface area contributed by atoms with Gasteiger partial charge in [-0.25, -0.2) is 13.1 Å². The number of ether oxygens (including phenoxy) is 1. The Hall–Kier alpha value is -1.41. The highest BCUT2D eigenvalue weighted by molar-refractivity contribution is 9.10. The minimum atomic E-state index is -4.00. The summed E-state index contributed by atoms with van der Waals surface area (Å²) in [6, 6.07) is 11.4. The van der Waals surface area contributed by atoms with E-state index in [-0.39, 0.29) is 22.9 Å². The molecule has 1 amide bonds. The van der Waals surface area contributed by atoms with Gasteiger partial charge in [0.25, 0.3) is 10.0 Å². The van der Waals surface area contributed by atoms with Crippen molar-refractivity contribution in [1.29, 1.82) is 0 Å². The molecule has 0 unspecified atom stereocenters. The molecule has 0 heterocycles. The molecular formula is C16H15BrClNO4S. The molecular weight excluding hydrogens is 418 g/mol. The third-order valence-electron chi connectivity index (χ3n) is 3.08. The Balaban J connectivity index is 2.15. The fraction of sp³-hybridized carbons (Fsp3) is 0.188. The van der Waals surface area contributed by atoms with Crippen LogP contribution in [-0.2, 0) is 32.6 Å². The van der Waals surface area contributed by atoms with Gasteiger partial charge >= 0.3 is 0 Å². The third-order valence-corrected chi connectivity index (χ3v) is 5.18. The number of nitrogens with one attached hydrogen (secondary N) is 1. The lowest BCUT2D eigenvalue weighted by Gasteiger charge is -2.09. The average molecular weight is 433 g/mol. The van der Waals surface area contributed by atoms with Crippen LogP contribution in [0.15, 0.2) is 51.8 Å². The molecule has 0 bridgehead atoms. The first kappa shape index (κ1) is 18.9. The second-order valence-corrected chi connectivity index (χ2v) is 8.09. The molecule has 1 N–H and O–H groups in total. The lowest BCUT2D eigenvalue weighted by Crippen LogP contribution is -2.31. The van der Waals surface area contributed by atoms with Gasteiger partial charge in [0.05, 0.1) is 17.9 Å². The van der Waals surface area contributed by atoms with Crippen molar-refractivity contribution in [2.75, 3.05) is 7.11 Å². The van der Waals surface area contributed by atoms with Gasteiger partial charge in [-0.15, -0.1) is 0 Å². The summed E-state index contributed by atoms with van der Waals surface area (Å²) >= 11 is 9.23. The summed E-state index contributed by atoms with van der Waals surface area (Å²) in [5, 5.41) is 0.255. The van der Waals surface area contributed by atoms with Crippen LogP contribution in [0.25, 0.3) is 0 Å². The Morgan fingerprint density at radius 2 is 1.83 bits per heavy atom. The maximum Gasteiger partial charge on any atom is 0.264 e. The van der Waals surface area contributed by atoms with E-state index in [4.69, 9.17) is 16.3 Å².